The molecule has 0 saturated carbocycles. The maximum Gasteiger partial charge on any atom is 0.254 e. The number of amides is 2. The topological polar surface area (TPSA) is 90.4 Å². The van der Waals surface area contributed by atoms with E-state index in [4.69, 9.17) is 10.5 Å². The van der Waals surface area contributed by atoms with E-state index in [1.807, 2.05) is 25.1 Å². The molecule has 0 radical (unpaired) electrons. The zero-order valence-electron chi connectivity index (χ0n) is 17.3. The first-order chi connectivity index (χ1) is 14.8. The van der Waals surface area contributed by atoms with E-state index < -0.39 is 11.7 Å². The third-order valence-electron chi connectivity index (χ3n) is 5.47. The van der Waals surface area contributed by atoms with Crippen molar-refractivity contribution in [1.29, 1.82) is 0 Å². The predicted molar refractivity (Wildman–Crippen MR) is 112 cm³/mol. The van der Waals surface area contributed by atoms with Crippen molar-refractivity contribution in [3.63, 3.8) is 0 Å². The van der Waals surface area contributed by atoms with Gasteiger partial charge < -0.3 is 15.4 Å². The molecule has 2 aromatic carbocycles. The molecule has 1 fully saturated rings. The third kappa shape index (κ3) is 4.14. The second-order valence-corrected chi connectivity index (χ2v) is 7.64. The summed E-state index contributed by atoms with van der Waals surface area (Å²) in [6.45, 7) is 2.64. The van der Waals surface area contributed by atoms with Crippen molar-refractivity contribution >= 4 is 11.8 Å². The number of nitrogens with zero attached hydrogens (tertiary/aromatic N) is 3. The highest BCUT2D eigenvalue weighted by atomic mass is 19.1. The van der Waals surface area contributed by atoms with Gasteiger partial charge in [-0.3, -0.25) is 14.3 Å². The van der Waals surface area contributed by atoms with Gasteiger partial charge in [0.1, 0.15) is 5.75 Å². The lowest BCUT2D eigenvalue weighted by atomic mass is 10.0. The maximum absolute atomic E-state index is 14.1. The third-order valence-corrected chi connectivity index (χ3v) is 5.47. The fourth-order valence-electron chi connectivity index (χ4n) is 3.97. The van der Waals surface area contributed by atoms with Crippen LogP contribution in [0.3, 0.4) is 0 Å². The highest BCUT2D eigenvalue weighted by Crippen LogP contribution is 2.35. The summed E-state index contributed by atoms with van der Waals surface area (Å²) in [4.78, 5) is 26.1. The van der Waals surface area contributed by atoms with Gasteiger partial charge >= 0.3 is 0 Å². The van der Waals surface area contributed by atoms with Crippen LogP contribution in [0.2, 0.25) is 0 Å². The standard InChI is InChI=1S/C23H23FN4O3/c1-14-18(13-27(2)26-14)20-4-3-11-28(20)23(30)15-5-8-17(9-6-15)31-21-10-7-16(22(25)29)12-19(21)24/h5-10,12-13,20H,3-4,11H2,1-2H3,(H2,25,29). The molecular weight excluding hydrogens is 399 g/mol. The van der Waals surface area contributed by atoms with Crippen LogP contribution in [0.5, 0.6) is 11.5 Å². The van der Waals surface area contributed by atoms with Gasteiger partial charge in [-0.15, -0.1) is 0 Å². The number of likely N-dealkylation sites (tertiary alicyclic amines) is 1. The SMILES string of the molecule is Cc1nn(C)cc1C1CCCN1C(=O)c1ccc(Oc2ccc(C(N)=O)cc2F)cc1. The van der Waals surface area contributed by atoms with Gasteiger partial charge in [0.05, 0.1) is 11.7 Å². The number of hydrogen-bond donors (Lipinski definition) is 1. The summed E-state index contributed by atoms with van der Waals surface area (Å²) in [6, 6.07) is 10.4. The van der Waals surface area contributed by atoms with E-state index in [-0.39, 0.29) is 23.3 Å². The number of primary amides is 1. The van der Waals surface area contributed by atoms with Crippen molar-refractivity contribution in [3.05, 3.63) is 76.9 Å². The first-order valence-corrected chi connectivity index (χ1v) is 10.0. The minimum Gasteiger partial charge on any atom is -0.454 e. The second-order valence-electron chi connectivity index (χ2n) is 7.64. The summed E-state index contributed by atoms with van der Waals surface area (Å²) >= 11 is 0. The first-order valence-electron chi connectivity index (χ1n) is 10.0. The molecule has 3 aromatic rings. The Balaban J connectivity index is 1.49. The fourth-order valence-corrected chi connectivity index (χ4v) is 3.97. The molecule has 1 unspecified atom stereocenters. The molecule has 1 saturated heterocycles. The summed E-state index contributed by atoms with van der Waals surface area (Å²) in [6.07, 6.45) is 3.81. The highest BCUT2D eigenvalue weighted by molar-refractivity contribution is 5.95. The van der Waals surface area contributed by atoms with Crippen molar-refractivity contribution in [1.82, 2.24) is 14.7 Å². The normalized spacial score (nSPS) is 15.8. The number of halogens is 1. The van der Waals surface area contributed by atoms with Crippen LogP contribution in [-0.4, -0.2) is 33.0 Å². The summed E-state index contributed by atoms with van der Waals surface area (Å²) in [5.41, 5.74) is 7.75. The molecule has 8 heteroatoms. The Labute approximate surface area is 179 Å². The number of ether oxygens (including phenoxy) is 1. The molecule has 1 aliphatic heterocycles. The summed E-state index contributed by atoms with van der Waals surface area (Å²) < 4.78 is 21.5. The van der Waals surface area contributed by atoms with Gasteiger partial charge in [0.25, 0.3) is 5.91 Å². The van der Waals surface area contributed by atoms with Crippen LogP contribution in [0.15, 0.2) is 48.7 Å². The van der Waals surface area contributed by atoms with Gasteiger partial charge in [0.15, 0.2) is 11.6 Å². The van der Waals surface area contributed by atoms with E-state index in [1.165, 1.54) is 12.1 Å². The van der Waals surface area contributed by atoms with Crippen LogP contribution in [0, 0.1) is 12.7 Å². The van der Waals surface area contributed by atoms with Crippen molar-refractivity contribution in [2.45, 2.75) is 25.8 Å². The molecule has 1 atom stereocenters. The molecule has 0 aliphatic carbocycles. The number of hydrogen-bond acceptors (Lipinski definition) is 4. The monoisotopic (exact) mass is 422 g/mol. The largest absolute Gasteiger partial charge is 0.454 e. The Morgan fingerprint density at radius 2 is 1.87 bits per heavy atom. The summed E-state index contributed by atoms with van der Waals surface area (Å²) in [5, 5.41) is 4.40. The van der Waals surface area contributed by atoms with Gasteiger partial charge in [0.2, 0.25) is 5.91 Å². The number of carbonyl (C=O) groups is 2. The summed E-state index contributed by atoms with van der Waals surface area (Å²) in [7, 11) is 1.88. The van der Waals surface area contributed by atoms with Crippen LogP contribution in [0.1, 0.15) is 50.9 Å². The highest BCUT2D eigenvalue weighted by Gasteiger charge is 2.32. The predicted octanol–water partition coefficient (Wildman–Crippen LogP) is 3.74. The lowest BCUT2D eigenvalue weighted by molar-refractivity contribution is 0.0735. The van der Waals surface area contributed by atoms with Crippen molar-refractivity contribution in [3.8, 4) is 11.5 Å². The second kappa shape index (κ2) is 8.22. The van der Waals surface area contributed by atoms with E-state index >= 15 is 0 Å². The van der Waals surface area contributed by atoms with Crippen molar-refractivity contribution < 1.29 is 18.7 Å². The molecule has 0 spiro atoms. The van der Waals surface area contributed by atoms with Crippen LogP contribution in [0.4, 0.5) is 4.39 Å². The lowest BCUT2D eigenvalue weighted by Gasteiger charge is -2.24. The van der Waals surface area contributed by atoms with E-state index in [0.717, 1.165) is 30.2 Å². The minimum absolute atomic E-state index is 0.00925. The molecule has 2 amide bonds. The van der Waals surface area contributed by atoms with Gasteiger partial charge in [-0.05, 0) is 62.2 Å². The van der Waals surface area contributed by atoms with Crippen molar-refractivity contribution in [2.24, 2.45) is 12.8 Å². The fraction of sp³-hybridized carbons (Fsp3) is 0.261. The molecule has 31 heavy (non-hydrogen) atoms. The van der Waals surface area contributed by atoms with Gasteiger partial charge in [-0.25, -0.2) is 4.39 Å². The number of aromatic nitrogens is 2. The smallest absolute Gasteiger partial charge is 0.254 e. The number of carbonyl (C=O) groups excluding carboxylic acids is 2. The zero-order chi connectivity index (χ0) is 22.1. The Morgan fingerprint density at radius 1 is 1.16 bits per heavy atom. The Morgan fingerprint density at radius 3 is 2.48 bits per heavy atom. The maximum atomic E-state index is 14.1. The van der Waals surface area contributed by atoms with Gasteiger partial charge in [-0.1, -0.05) is 0 Å². The molecule has 160 valence electrons. The molecule has 1 aromatic heterocycles. The Kier molecular flexibility index (Phi) is 5.46. The van der Waals surface area contributed by atoms with Gasteiger partial charge in [0, 0.05) is 36.5 Å². The Hall–Kier alpha value is -3.68. The van der Waals surface area contributed by atoms with Gasteiger partial charge in [-0.2, -0.15) is 5.10 Å². The van der Waals surface area contributed by atoms with E-state index in [9.17, 15) is 14.0 Å². The number of aryl methyl sites for hydroxylation is 2. The first kappa shape index (κ1) is 20.6. The molecule has 2 heterocycles. The average molecular weight is 422 g/mol. The molecular formula is C23H23FN4O3. The average Bonchev–Trinajstić information content (AvgIpc) is 3.35. The van der Waals surface area contributed by atoms with Crippen LogP contribution in [0.25, 0.3) is 0 Å². The van der Waals surface area contributed by atoms with Crippen molar-refractivity contribution in [2.75, 3.05) is 6.54 Å². The minimum atomic E-state index is -0.713. The molecule has 0 bridgehead atoms. The zero-order valence-corrected chi connectivity index (χ0v) is 17.3. The molecule has 7 nitrogen and oxygen atoms in total. The molecule has 4 rings (SSSR count). The Bertz CT molecular complexity index is 1140. The molecule has 2 N–H and O–H groups in total. The van der Waals surface area contributed by atoms with E-state index in [1.54, 1.807) is 28.9 Å². The lowest BCUT2D eigenvalue weighted by Crippen LogP contribution is -2.30. The number of nitrogens with two attached hydrogens (primary N) is 1. The van der Waals surface area contributed by atoms with Crippen LogP contribution >= 0.6 is 0 Å². The number of benzene rings is 2. The van der Waals surface area contributed by atoms with Crippen LogP contribution < -0.4 is 10.5 Å². The quantitative estimate of drug-likeness (QED) is 0.678. The molecule has 1 aliphatic rings. The number of rotatable bonds is 5. The summed E-state index contributed by atoms with van der Waals surface area (Å²) in [5.74, 6) is -1.12. The van der Waals surface area contributed by atoms with Crippen LogP contribution in [-0.2, 0) is 7.05 Å². The van der Waals surface area contributed by atoms with E-state index in [2.05, 4.69) is 5.10 Å². The van der Waals surface area contributed by atoms with E-state index in [0.29, 0.717) is 17.9 Å².